The molecule has 2 heteroatoms. The van der Waals surface area contributed by atoms with Gasteiger partial charge in [0.2, 0.25) is 0 Å². The first kappa shape index (κ1) is 13.0. The summed E-state index contributed by atoms with van der Waals surface area (Å²) in [6.45, 7) is 6.73. The van der Waals surface area contributed by atoms with Crippen LogP contribution in [0, 0.1) is 0 Å². The maximum absolute atomic E-state index is 7.12. The Morgan fingerprint density at radius 2 is 1.53 bits per heavy atom. The standard InChI is InChI=1S/C13H22ClP/c1-4-12-15(14,5-2,6-3)13-10-8-7-9-11-13/h7-11H,4-6,12H2,1-3H3. The molecule has 0 spiro atoms. The molecule has 1 aromatic carbocycles. The Morgan fingerprint density at radius 3 is 1.93 bits per heavy atom. The first-order valence-electron chi connectivity index (χ1n) is 5.87. The van der Waals surface area contributed by atoms with E-state index in [1.807, 2.05) is 0 Å². The normalized spacial score (nSPS) is 14.5. The molecule has 1 aromatic rings. The van der Waals surface area contributed by atoms with Crippen LogP contribution in [0.1, 0.15) is 27.2 Å². The van der Waals surface area contributed by atoms with Crippen LogP contribution in [-0.2, 0) is 0 Å². The van der Waals surface area contributed by atoms with Gasteiger partial charge in [0, 0.05) is 0 Å². The van der Waals surface area contributed by atoms with Gasteiger partial charge in [-0.05, 0) is 0 Å². The Hall–Kier alpha value is -0.0600. The molecule has 0 fully saturated rings. The zero-order chi connectivity index (χ0) is 11.4. The average molecular weight is 245 g/mol. The van der Waals surface area contributed by atoms with E-state index in [9.17, 15) is 0 Å². The van der Waals surface area contributed by atoms with E-state index < -0.39 is 5.96 Å². The molecular formula is C13H22ClP. The van der Waals surface area contributed by atoms with Crippen LogP contribution in [0.5, 0.6) is 0 Å². The zero-order valence-electron chi connectivity index (χ0n) is 10.0. The summed E-state index contributed by atoms with van der Waals surface area (Å²) in [4.78, 5) is 0. The quantitative estimate of drug-likeness (QED) is 0.671. The SMILES string of the molecule is CCCP(Cl)(CC)(CC)c1ccccc1. The van der Waals surface area contributed by atoms with Gasteiger partial charge in [0.15, 0.2) is 0 Å². The third-order valence-corrected chi connectivity index (χ3v) is 12.1. The molecule has 0 N–H and O–H groups in total. The van der Waals surface area contributed by atoms with Crippen molar-refractivity contribution in [1.82, 2.24) is 0 Å². The summed E-state index contributed by atoms with van der Waals surface area (Å²) in [5.41, 5.74) is 0. The summed E-state index contributed by atoms with van der Waals surface area (Å²) < 4.78 is 0. The third kappa shape index (κ3) is 2.37. The molecule has 0 aromatic heterocycles. The van der Waals surface area contributed by atoms with Crippen LogP contribution in [0.4, 0.5) is 0 Å². The first-order valence-corrected chi connectivity index (χ1v) is 9.57. The molecule has 0 saturated heterocycles. The molecule has 0 aliphatic heterocycles. The predicted octanol–water partition coefficient (Wildman–Crippen LogP) is 4.47. The summed E-state index contributed by atoms with van der Waals surface area (Å²) in [7, 11) is 0. The summed E-state index contributed by atoms with van der Waals surface area (Å²) in [6.07, 6.45) is 4.57. The van der Waals surface area contributed by atoms with Gasteiger partial charge in [0.25, 0.3) is 0 Å². The molecule has 1 rings (SSSR count). The second-order valence-corrected chi connectivity index (χ2v) is 12.3. The minimum atomic E-state index is -2.13. The van der Waals surface area contributed by atoms with Crippen molar-refractivity contribution < 1.29 is 0 Å². The Bertz CT molecular complexity index is 304. The van der Waals surface area contributed by atoms with E-state index in [1.54, 1.807) is 0 Å². The van der Waals surface area contributed by atoms with E-state index in [0.717, 1.165) is 12.3 Å². The van der Waals surface area contributed by atoms with Gasteiger partial charge in [-0.2, -0.15) is 0 Å². The van der Waals surface area contributed by atoms with Gasteiger partial charge in [-0.1, -0.05) is 0 Å². The van der Waals surface area contributed by atoms with Crippen LogP contribution in [0.2, 0.25) is 0 Å². The molecule has 0 unspecified atom stereocenters. The second-order valence-electron chi connectivity index (χ2n) is 4.28. The summed E-state index contributed by atoms with van der Waals surface area (Å²) in [6, 6.07) is 10.7. The average Bonchev–Trinajstić information content (AvgIpc) is 2.31. The van der Waals surface area contributed by atoms with Crippen molar-refractivity contribution in [2.24, 2.45) is 0 Å². The Kier molecular flexibility index (Phi) is 4.20. The predicted molar refractivity (Wildman–Crippen MR) is 75.1 cm³/mol. The van der Waals surface area contributed by atoms with Crippen molar-refractivity contribution in [3.05, 3.63) is 30.3 Å². The molecule has 0 bridgehead atoms. The van der Waals surface area contributed by atoms with Crippen molar-refractivity contribution in [1.29, 1.82) is 0 Å². The molecule has 86 valence electrons. The van der Waals surface area contributed by atoms with Crippen molar-refractivity contribution in [3.8, 4) is 0 Å². The Balaban J connectivity index is 3.22. The van der Waals surface area contributed by atoms with Gasteiger partial charge < -0.3 is 0 Å². The summed E-state index contributed by atoms with van der Waals surface area (Å²) >= 11 is 7.12. The zero-order valence-corrected chi connectivity index (χ0v) is 11.7. The monoisotopic (exact) mass is 244 g/mol. The summed E-state index contributed by atoms with van der Waals surface area (Å²) in [5.74, 6) is -2.13. The second kappa shape index (κ2) is 4.85. The fourth-order valence-corrected chi connectivity index (χ4v) is 7.20. The van der Waals surface area contributed by atoms with Crippen LogP contribution in [-0.4, -0.2) is 18.5 Å². The van der Waals surface area contributed by atoms with E-state index in [0.29, 0.717) is 0 Å². The molecular weight excluding hydrogens is 223 g/mol. The number of hydrogen-bond donors (Lipinski definition) is 0. The topological polar surface area (TPSA) is 0 Å². The fraction of sp³-hybridized carbons (Fsp3) is 0.538. The van der Waals surface area contributed by atoms with Crippen molar-refractivity contribution in [3.63, 3.8) is 0 Å². The molecule has 0 amide bonds. The van der Waals surface area contributed by atoms with Crippen LogP contribution >= 0.6 is 17.2 Å². The fourth-order valence-electron chi connectivity index (χ4n) is 2.35. The molecule has 0 saturated carbocycles. The van der Waals surface area contributed by atoms with Gasteiger partial charge in [0.1, 0.15) is 0 Å². The van der Waals surface area contributed by atoms with Crippen LogP contribution in [0.25, 0.3) is 0 Å². The minimum absolute atomic E-state index is 1.11. The van der Waals surface area contributed by atoms with Crippen molar-refractivity contribution >= 4 is 22.5 Å². The Morgan fingerprint density at radius 1 is 1.00 bits per heavy atom. The maximum atomic E-state index is 7.12. The van der Waals surface area contributed by atoms with Gasteiger partial charge in [-0.3, -0.25) is 0 Å². The van der Waals surface area contributed by atoms with Gasteiger partial charge in [-0.15, -0.1) is 0 Å². The number of rotatable bonds is 5. The molecule has 0 atom stereocenters. The number of halogens is 1. The Labute approximate surface area is 98.8 Å². The van der Waals surface area contributed by atoms with Crippen molar-refractivity contribution in [2.45, 2.75) is 27.2 Å². The molecule has 0 aliphatic rings. The summed E-state index contributed by atoms with van der Waals surface area (Å²) in [5, 5.41) is 1.40. The van der Waals surface area contributed by atoms with E-state index in [2.05, 4.69) is 51.1 Å². The van der Waals surface area contributed by atoms with E-state index in [1.165, 1.54) is 17.9 Å². The molecule has 0 radical (unpaired) electrons. The van der Waals surface area contributed by atoms with E-state index >= 15 is 0 Å². The van der Waals surface area contributed by atoms with Crippen LogP contribution in [0.15, 0.2) is 30.3 Å². The van der Waals surface area contributed by atoms with Gasteiger partial charge >= 0.3 is 98.5 Å². The molecule has 0 nitrogen and oxygen atoms in total. The van der Waals surface area contributed by atoms with Crippen molar-refractivity contribution in [2.75, 3.05) is 18.5 Å². The van der Waals surface area contributed by atoms with Crippen LogP contribution in [0.3, 0.4) is 0 Å². The third-order valence-electron chi connectivity index (χ3n) is 3.59. The number of hydrogen-bond acceptors (Lipinski definition) is 0. The van der Waals surface area contributed by atoms with Gasteiger partial charge in [-0.25, -0.2) is 0 Å². The van der Waals surface area contributed by atoms with E-state index in [-0.39, 0.29) is 0 Å². The van der Waals surface area contributed by atoms with Gasteiger partial charge in [0.05, 0.1) is 0 Å². The number of benzene rings is 1. The van der Waals surface area contributed by atoms with Crippen LogP contribution < -0.4 is 5.30 Å². The first-order chi connectivity index (χ1) is 7.09. The van der Waals surface area contributed by atoms with E-state index in [4.69, 9.17) is 11.2 Å². The molecule has 15 heavy (non-hydrogen) atoms. The molecule has 0 aliphatic carbocycles. The molecule has 0 heterocycles.